The molecule has 0 saturated carbocycles. The van der Waals surface area contributed by atoms with Crippen LogP contribution in [0.4, 0.5) is 0 Å². The van der Waals surface area contributed by atoms with E-state index < -0.39 is 0 Å². The van der Waals surface area contributed by atoms with Gasteiger partial charge in [-0.1, -0.05) is 18.2 Å². The number of benzene rings is 1. The molecule has 0 amide bonds. The van der Waals surface area contributed by atoms with Crippen molar-refractivity contribution in [2.24, 2.45) is 0 Å². The molecule has 3 nitrogen and oxygen atoms in total. The second-order valence-electron chi connectivity index (χ2n) is 6.20. The van der Waals surface area contributed by atoms with Crippen molar-refractivity contribution in [1.82, 2.24) is 0 Å². The Morgan fingerprint density at radius 1 is 0.857 bits per heavy atom. The third kappa shape index (κ3) is 2.49. The second kappa shape index (κ2) is 5.82. The molecule has 2 aromatic rings. The van der Waals surface area contributed by atoms with Crippen LogP contribution in [0.25, 0.3) is 11.0 Å². The van der Waals surface area contributed by atoms with Gasteiger partial charge in [-0.3, -0.25) is 0 Å². The fraction of sp³-hybridized carbons (Fsp3) is 0.556. The number of para-hydroxylation sites is 1. The van der Waals surface area contributed by atoms with E-state index in [4.69, 9.17) is 13.9 Å². The van der Waals surface area contributed by atoms with Gasteiger partial charge in [-0.2, -0.15) is 0 Å². The summed E-state index contributed by atoms with van der Waals surface area (Å²) in [4.78, 5) is 0. The first-order valence-corrected chi connectivity index (χ1v) is 8.10. The molecule has 2 aliphatic heterocycles. The van der Waals surface area contributed by atoms with Crippen LogP contribution in [0.5, 0.6) is 0 Å². The molecule has 1 aromatic heterocycles. The molecule has 0 N–H and O–H groups in total. The Morgan fingerprint density at radius 2 is 1.57 bits per heavy atom. The van der Waals surface area contributed by atoms with Crippen molar-refractivity contribution in [1.29, 1.82) is 0 Å². The van der Waals surface area contributed by atoms with Crippen LogP contribution in [0.2, 0.25) is 0 Å². The van der Waals surface area contributed by atoms with E-state index in [1.165, 1.54) is 23.8 Å². The summed E-state index contributed by atoms with van der Waals surface area (Å²) < 4.78 is 17.7. The maximum absolute atomic E-state index is 6.26. The van der Waals surface area contributed by atoms with Gasteiger partial charge in [0.15, 0.2) is 0 Å². The quantitative estimate of drug-likeness (QED) is 0.828. The monoisotopic (exact) mass is 286 g/mol. The largest absolute Gasteiger partial charge is 0.460 e. The van der Waals surface area contributed by atoms with Crippen LogP contribution in [-0.4, -0.2) is 26.4 Å². The van der Waals surface area contributed by atoms with Crippen molar-refractivity contribution in [3.63, 3.8) is 0 Å². The zero-order valence-electron chi connectivity index (χ0n) is 12.3. The second-order valence-corrected chi connectivity index (χ2v) is 6.20. The average molecular weight is 286 g/mol. The lowest BCUT2D eigenvalue weighted by molar-refractivity contribution is 0.0694. The number of ether oxygens (including phenoxy) is 2. The zero-order chi connectivity index (χ0) is 14.1. The van der Waals surface area contributed by atoms with Gasteiger partial charge in [0.25, 0.3) is 0 Å². The fourth-order valence-electron chi connectivity index (χ4n) is 3.72. The van der Waals surface area contributed by atoms with Gasteiger partial charge in [0.2, 0.25) is 0 Å². The molecule has 112 valence electrons. The van der Waals surface area contributed by atoms with E-state index in [9.17, 15) is 0 Å². The Kier molecular flexibility index (Phi) is 3.70. The summed E-state index contributed by atoms with van der Waals surface area (Å²) in [7, 11) is 0. The Bertz CT molecular complexity index is 604. The van der Waals surface area contributed by atoms with Gasteiger partial charge in [0.05, 0.1) is 13.2 Å². The molecule has 3 heterocycles. The number of hydrogen-bond donors (Lipinski definition) is 0. The van der Waals surface area contributed by atoms with Crippen molar-refractivity contribution in [3.8, 4) is 0 Å². The van der Waals surface area contributed by atoms with Crippen molar-refractivity contribution >= 4 is 11.0 Å². The van der Waals surface area contributed by atoms with Crippen LogP contribution in [0.15, 0.2) is 28.7 Å². The summed E-state index contributed by atoms with van der Waals surface area (Å²) in [6, 6.07) is 8.42. The molecule has 4 rings (SSSR count). The van der Waals surface area contributed by atoms with Crippen LogP contribution >= 0.6 is 0 Å². The number of rotatable bonds is 2. The lowest BCUT2D eigenvalue weighted by atomic mass is 9.86. The van der Waals surface area contributed by atoms with Gasteiger partial charge in [-0.05, 0) is 31.7 Å². The Balaban J connectivity index is 1.79. The third-order valence-corrected chi connectivity index (χ3v) is 4.76. The minimum atomic E-state index is 0.406. The zero-order valence-corrected chi connectivity index (χ0v) is 12.3. The molecule has 0 bridgehead atoms. The van der Waals surface area contributed by atoms with E-state index in [1.807, 2.05) is 6.07 Å². The van der Waals surface area contributed by atoms with E-state index >= 15 is 0 Å². The molecule has 0 spiro atoms. The highest BCUT2D eigenvalue weighted by Gasteiger charge is 2.30. The van der Waals surface area contributed by atoms with Crippen molar-refractivity contribution in [2.45, 2.75) is 37.5 Å². The van der Waals surface area contributed by atoms with Crippen LogP contribution in [0, 0.1) is 0 Å². The van der Waals surface area contributed by atoms with E-state index in [0.717, 1.165) is 50.6 Å². The maximum atomic E-state index is 6.26. The molecular formula is C18H22O3. The standard InChI is InChI=1S/C18H22O3/c1-2-8-16-15(7-1)17(13-5-3-9-19-11-13)18(21-16)14-6-4-10-20-12-14/h1-2,7-8,13-14H,3-6,9-12H2. The summed E-state index contributed by atoms with van der Waals surface area (Å²) in [6.07, 6.45) is 4.64. The molecule has 2 saturated heterocycles. The molecule has 21 heavy (non-hydrogen) atoms. The summed E-state index contributed by atoms with van der Waals surface area (Å²) >= 11 is 0. The third-order valence-electron chi connectivity index (χ3n) is 4.76. The Labute approximate surface area is 125 Å². The van der Waals surface area contributed by atoms with E-state index in [1.54, 1.807) is 0 Å². The van der Waals surface area contributed by atoms with Gasteiger partial charge in [0, 0.05) is 36.0 Å². The number of fused-ring (bicyclic) bond motifs is 1. The molecule has 0 aliphatic carbocycles. The van der Waals surface area contributed by atoms with E-state index in [-0.39, 0.29) is 0 Å². The molecule has 0 radical (unpaired) electrons. The first-order valence-electron chi connectivity index (χ1n) is 8.10. The van der Waals surface area contributed by atoms with Crippen LogP contribution in [-0.2, 0) is 9.47 Å². The highest BCUT2D eigenvalue weighted by atomic mass is 16.5. The van der Waals surface area contributed by atoms with Gasteiger partial charge >= 0.3 is 0 Å². The van der Waals surface area contributed by atoms with Crippen molar-refractivity contribution < 1.29 is 13.9 Å². The van der Waals surface area contributed by atoms with Gasteiger partial charge in [0.1, 0.15) is 11.3 Å². The predicted octanol–water partition coefficient (Wildman–Crippen LogP) is 4.22. The first-order chi connectivity index (χ1) is 10.4. The van der Waals surface area contributed by atoms with Gasteiger partial charge in [-0.15, -0.1) is 0 Å². The highest BCUT2D eigenvalue weighted by Crippen LogP contribution is 2.41. The summed E-state index contributed by atoms with van der Waals surface area (Å²) in [5.74, 6) is 2.04. The van der Waals surface area contributed by atoms with Crippen LogP contribution in [0.3, 0.4) is 0 Å². The first kappa shape index (κ1) is 13.4. The minimum absolute atomic E-state index is 0.406. The summed E-state index contributed by atoms with van der Waals surface area (Å²) in [5.41, 5.74) is 2.40. The molecule has 2 aliphatic rings. The highest BCUT2D eigenvalue weighted by molar-refractivity contribution is 5.83. The average Bonchev–Trinajstić information content (AvgIpc) is 2.96. The maximum Gasteiger partial charge on any atom is 0.134 e. The smallest absolute Gasteiger partial charge is 0.134 e. The number of furan rings is 1. The molecule has 2 fully saturated rings. The summed E-state index contributed by atoms with van der Waals surface area (Å²) in [6.45, 7) is 3.40. The van der Waals surface area contributed by atoms with Gasteiger partial charge < -0.3 is 13.9 Å². The normalized spacial score (nSPS) is 27.0. The predicted molar refractivity (Wildman–Crippen MR) is 81.8 cm³/mol. The number of hydrogen-bond acceptors (Lipinski definition) is 3. The van der Waals surface area contributed by atoms with Crippen LogP contribution < -0.4 is 0 Å². The molecule has 1 aromatic carbocycles. The fourth-order valence-corrected chi connectivity index (χ4v) is 3.72. The molecule has 2 unspecified atom stereocenters. The molecular weight excluding hydrogens is 264 g/mol. The van der Waals surface area contributed by atoms with Crippen molar-refractivity contribution in [3.05, 3.63) is 35.6 Å². The van der Waals surface area contributed by atoms with E-state index in [0.29, 0.717) is 11.8 Å². The Hall–Kier alpha value is -1.32. The van der Waals surface area contributed by atoms with Crippen molar-refractivity contribution in [2.75, 3.05) is 26.4 Å². The molecule has 2 atom stereocenters. The topological polar surface area (TPSA) is 31.6 Å². The van der Waals surface area contributed by atoms with Crippen LogP contribution in [0.1, 0.15) is 48.8 Å². The Morgan fingerprint density at radius 3 is 2.29 bits per heavy atom. The van der Waals surface area contributed by atoms with Gasteiger partial charge in [-0.25, -0.2) is 0 Å². The lowest BCUT2D eigenvalue weighted by Crippen LogP contribution is -2.20. The minimum Gasteiger partial charge on any atom is -0.460 e. The molecule has 3 heteroatoms. The lowest BCUT2D eigenvalue weighted by Gasteiger charge is -2.26. The van der Waals surface area contributed by atoms with E-state index in [2.05, 4.69) is 18.2 Å². The SMILES string of the molecule is c1ccc2c(C3CCCOC3)c(C3CCCOC3)oc2c1. The summed E-state index contributed by atoms with van der Waals surface area (Å²) in [5, 5.41) is 1.27.